The molecule has 2 heterocycles. The van der Waals surface area contributed by atoms with Crippen LogP contribution in [-0.4, -0.2) is 48.0 Å². The summed E-state index contributed by atoms with van der Waals surface area (Å²) in [5.41, 5.74) is 2.02. The molecule has 7 heteroatoms. The number of aromatic amines is 1. The summed E-state index contributed by atoms with van der Waals surface area (Å²) in [6.45, 7) is 1.47. The van der Waals surface area contributed by atoms with E-state index < -0.39 is 5.82 Å². The van der Waals surface area contributed by atoms with Gasteiger partial charge in [-0.05, 0) is 44.8 Å². The van der Waals surface area contributed by atoms with E-state index in [0.717, 1.165) is 18.5 Å². The van der Waals surface area contributed by atoms with E-state index in [0.29, 0.717) is 29.3 Å². The molecule has 1 aromatic carbocycles. The predicted molar refractivity (Wildman–Crippen MR) is 99.1 cm³/mol. The SMILES string of the molecule is CN(C)CCCOc1ccc2[nH]cc(C(=O)Nc3cccc(F)c3)c2n1. The summed E-state index contributed by atoms with van der Waals surface area (Å²) < 4.78 is 18.9. The van der Waals surface area contributed by atoms with Gasteiger partial charge in [-0.2, -0.15) is 0 Å². The Labute approximate surface area is 151 Å². The molecule has 1 amide bonds. The van der Waals surface area contributed by atoms with Crippen LogP contribution in [0.5, 0.6) is 5.88 Å². The fraction of sp³-hybridized carbons (Fsp3) is 0.263. The monoisotopic (exact) mass is 356 g/mol. The number of fused-ring (bicyclic) bond motifs is 1. The van der Waals surface area contributed by atoms with Crippen LogP contribution in [0.15, 0.2) is 42.6 Å². The number of hydrogen-bond acceptors (Lipinski definition) is 4. The number of ether oxygens (including phenoxy) is 1. The lowest BCUT2D eigenvalue weighted by atomic mass is 10.2. The number of pyridine rings is 1. The molecule has 2 aromatic heterocycles. The maximum Gasteiger partial charge on any atom is 0.259 e. The molecule has 0 aliphatic heterocycles. The molecule has 26 heavy (non-hydrogen) atoms. The molecule has 6 nitrogen and oxygen atoms in total. The maximum atomic E-state index is 13.3. The Morgan fingerprint density at radius 2 is 2.15 bits per heavy atom. The summed E-state index contributed by atoms with van der Waals surface area (Å²) in [5.74, 6) is -0.303. The minimum absolute atomic E-state index is 0.362. The number of halogens is 1. The third-order valence-electron chi connectivity index (χ3n) is 3.82. The van der Waals surface area contributed by atoms with Crippen LogP contribution in [-0.2, 0) is 0 Å². The summed E-state index contributed by atoms with van der Waals surface area (Å²) in [5, 5.41) is 2.68. The van der Waals surface area contributed by atoms with Crippen LogP contribution in [0, 0.1) is 5.82 Å². The number of nitrogens with zero attached hydrogens (tertiary/aromatic N) is 2. The number of carbonyl (C=O) groups excluding carboxylic acids is 1. The van der Waals surface area contributed by atoms with Gasteiger partial charge in [-0.3, -0.25) is 4.79 Å². The first-order valence-electron chi connectivity index (χ1n) is 8.35. The average Bonchev–Trinajstić information content (AvgIpc) is 3.02. The summed E-state index contributed by atoms with van der Waals surface area (Å²) in [4.78, 5) is 22.0. The van der Waals surface area contributed by atoms with Gasteiger partial charge in [0.05, 0.1) is 17.7 Å². The molecule has 136 valence electrons. The van der Waals surface area contributed by atoms with E-state index in [9.17, 15) is 9.18 Å². The van der Waals surface area contributed by atoms with E-state index in [1.54, 1.807) is 18.3 Å². The zero-order chi connectivity index (χ0) is 18.5. The highest BCUT2D eigenvalue weighted by atomic mass is 19.1. The van der Waals surface area contributed by atoms with Gasteiger partial charge >= 0.3 is 0 Å². The number of amides is 1. The Morgan fingerprint density at radius 1 is 1.31 bits per heavy atom. The summed E-state index contributed by atoms with van der Waals surface area (Å²) in [6.07, 6.45) is 2.47. The van der Waals surface area contributed by atoms with E-state index in [-0.39, 0.29) is 5.91 Å². The number of H-pyrrole nitrogens is 1. The van der Waals surface area contributed by atoms with Crippen LogP contribution in [0.2, 0.25) is 0 Å². The first-order valence-corrected chi connectivity index (χ1v) is 8.35. The Morgan fingerprint density at radius 3 is 2.92 bits per heavy atom. The lowest BCUT2D eigenvalue weighted by Gasteiger charge is -2.10. The van der Waals surface area contributed by atoms with Crippen molar-refractivity contribution in [3.63, 3.8) is 0 Å². The minimum atomic E-state index is -0.409. The second-order valence-electron chi connectivity index (χ2n) is 6.22. The van der Waals surface area contributed by atoms with Gasteiger partial charge < -0.3 is 19.9 Å². The van der Waals surface area contributed by atoms with Gasteiger partial charge in [0, 0.05) is 24.5 Å². The van der Waals surface area contributed by atoms with Crippen molar-refractivity contribution < 1.29 is 13.9 Å². The number of aromatic nitrogens is 2. The average molecular weight is 356 g/mol. The fourth-order valence-corrected chi connectivity index (χ4v) is 2.56. The van der Waals surface area contributed by atoms with Gasteiger partial charge in [0.2, 0.25) is 5.88 Å². The Bertz CT molecular complexity index is 907. The van der Waals surface area contributed by atoms with Gasteiger partial charge in [-0.15, -0.1) is 0 Å². The molecule has 3 aromatic rings. The Balaban J connectivity index is 1.74. The summed E-state index contributed by atoms with van der Waals surface area (Å²) >= 11 is 0. The van der Waals surface area contributed by atoms with E-state index >= 15 is 0 Å². The van der Waals surface area contributed by atoms with Crippen LogP contribution in [0.1, 0.15) is 16.8 Å². The van der Waals surface area contributed by atoms with Crippen molar-refractivity contribution in [3.05, 3.63) is 54.0 Å². The second-order valence-corrected chi connectivity index (χ2v) is 6.22. The number of benzene rings is 1. The van der Waals surface area contributed by atoms with Gasteiger partial charge in [0.15, 0.2) is 0 Å². The Kier molecular flexibility index (Phi) is 5.48. The van der Waals surface area contributed by atoms with Gasteiger partial charge in [0.25, 0.3) is 5.91 Å². The van der Waals surface area contributed by atoms with Crippen LogP contribution in [0.3, 0.4) is 0 Å². The van der Waals surface area contributed by atoms with Crippen molar-refractivity contribution in [2.75, 3.05) is 32.6 Å². The molecule has 0 aliphatic carbocycles. The number of anilines is 1. The van der Waals surface area contributed by atoms with E-state index in [1.165, 1.54) is 18.2 Å². The van der Waals surface area contributed by atoms with Crippen molar-refractivity contribution in [1.82, 2.24) is 14.9 Å². The molecule has 0 radical (unpaired) electrons. The van der Waals surface area contributed by atoms with Gasteiger partial charge in [-0.25, -0.2) is 9.37 Å². The third kappa shape index (κ3) is 4.37. The molecular formula is C19H21FN4O2. The lowest BCUT2D eigenvalue weighted by molar-refractivity contribution is 0.102. The predicted octanol–water partition coefficient (Wildman–Crippen LogP) is 3.28. The van der Waals surface area contributed by atoms with Gasteiger partial charge in [-0.1, -0.05) is 6.07 Å². The molecule has 0 bridgehead atoms. The van der Waals surface area contributed by atoms with Crippen molar-refractivity contribution in [3.8, 4) is 5.88 Å². The quantitative estimate of drug-likeness (QED) is 0.638. The minimum Gasteiger partial charge on any atom is -0.478 e. The van der Waals surface area contributed by atoms with Crippen LogP contribution < -0.4 is 10.1 Å². The molecular weight excluding hydrogens is 335 g/mol. The lowest BCUT2D eigenvalue weighted by Crippen LogP contribution is -2.15. The molecule has 2 N–H and O–H groups in total. The van der Waals surface area contributed by atoms with Crippen molar-refractivity contribution in [2.45, 2.75) is 6.42 Å². The number of hydrogen-bond donors (Lipinski definition) is 2. The molecule has 0 atom stereocenters. The highest BCUT2D eigenvalue weighted by molar-refractivity contribution is 6.11. The normalized spacial score (nSPS) is 11.1. The van der Waals surface area contributed by atoms with Crippen molar-refractivity contribution in [1.29, 1.82) is 0 Å². The highest BCUT2D eigenvalue weighted by Gasteiger charge is 2.14. The number of rotatable bonds is 7. The molecule has 0 saturated heterocycles. The molecule has 0 fully saturated rings. The van der Waals surface area contributed by atoms with E-state index in [4.69, 9.17) is 4.74 Å². The molecule has 0 spiro atoms. The third-order valence-corrected chi connectivity index (χ3v) is 3.82. The first-order chi connectivity index (χ1) is 12.5. The van der Waals surface area contributed by atoms with Crippen molar-refractivity contribution >= 4 is 22.6 Å². The number of carbonyl (C=O) groups is 1. The van der Waals surface area contributed by atoms with Crippen LogP contribution in [0.4, 0.5) is 10.1 Å². The second kappa shape index (κ2) is 7.97. The number of nitrogens with one attached hydrogen (secondary N) is 2. The van der Waals surface area contributed by atoms with Crippen LogP contribution in [0.25, 0.3) is 11.0 Å². The molecule has 0 unspecified atom stereocenters. The molecule has 0 aliphatic rings. The standard InChI is InChI=1S/C19H21FN4O2/c1-24(2)9-4-10-26-17-8-7-16-18(23-17)15(12-21-16)19(25)22-14-6-3-5-13(20)11-14/h3,5-8,11-12,21H,4,9-10H2,1-2H3,(H,22,25). The fourth-order valence-electron chi connectivity index (χ4n) is 2.56. The zero-order valence-corrected chi connectivity index (χ0v) is 14.8. The molecule has 0 saturated carbocycles. The largest absolute Gasteiger partial charge is 0.478 e. The van der Waals surface area contributed by atoms with Crippen molar-refractivity contribution in [2.24, 2.45) is 0 Å². The highest BCUT2D eigenvalue weighted by Crippen LogP contribution is 2.21. The zero-order valence-electron chi connectivity index (χ0n) is 14.8. The smallest absolute Gasteiger partial charge is 0.259 e. The summed E-state index contributed by atoms with van der Waals surface area (Å²) in [7, 11) is 4.02. The summed E-state index contributed by atoms with van der Waals surface area (Å²) in [6, 6.07) is 9.34. The van der Waals surface area contributed by atoms with Gasteiger partial charge in [0.1, 0.15) is 11.3 Å². The maximum absolute atomic E-state index is 13.3. The topological polar surface area (TPSA) is 70.2 Å². The van der Waals surface area contributed by atoms with E-state index in [1.807, 2.05) is 20.2 Å². The van der Waals surface area contributed by atoms with Crippen LogP contribution >= 0.6 is 0 Å². The Hall–Kier alpha value is -2.93. The molecule has 3 rings (SSSR count). The van der Waals surface area contributed by atoms with E-state index in [2.05, 4.69) is 20.2 Å². The first kappa shape index (κ1) is 17.9.